The van der Waals surface area contributed by atoms with E-state index in [1.165, 1.54) is 13.2 Å². The number of halogens is 1. The summed E-state index contributed by atoms with van der Waals surface area (Å²) < 4.78 is 33.9. The van der Waals surface area contributed by atoms with Crippen LogP contribution in [0.15, 0.2) is 57.2 Å². The molecule has 2 aromatic carbocycles. The molecule has 0 spiro atoms. The molecule has 0 aliphatic heterocycles. The summed E-state index contributed by atoms with van der Waals surface area (Å²) in [6.07, 6.45) is 0. The highest BCUT2D eigenvalue weighted by atomic mass is 79.9. The highest BCUT2D eigenvalue weighted by molar-refractivity contribution is 9.10. The Morgan fingerprint density at radius 2 is 2.00 bits per heavy atom. The van der Waals surface area contributed by atoms with Crippen LogP contribution in [0.5, 0.6) is 5.75 Å². The number of ether oxygens (including phenoxy) is 1. The zero-order valence-electron chi connectivity index (χ0n) is 13.5. The van der Waals surface area contributed by atoms with Gasteiger partial charge in [-0.15, -0.1) is 11.3 Å². The van der Waals surface area contributed by atoms with Crippen LogP contribution in [-0.4, -0.2) is 20.5 Å². The number of hydrogen-bond donors (Lipinski definition) is 1. The van der Waals surface area contributed by atoms with E-state index in [1.54, 1.807) is 41.7 Å². The van der Waals surface area contributed by atoms with Gasteiger partial charge in [0.05, 0.1) is 17.8 Å². The number of sulfonamides is 1. The van der Waals surface area contributed by atoms with Crippen LogP contribution in [0.3, 0.4) is 0 Å². The predicted molar refractivity (Wildman–Crippen MR) is 104 cm³/mol. The molecule has 8 heteroatoms. The van der Waals surface area contributed by atoms with E-state index >= 15 is 0 Å². The minimum absolute atomic E-state index is 0.0688. The number of rotatable bonds is 5. The Kier molecular flexibility index (Phi) is 5.12. The molecule has 3 rings (SSSR count). The van der Waals surface area contributed by atoms with Crippen molar-refractivity contribution in [3.8, 4) is 17.0 Å². The quantitative estimate of drug-likeness (QED) is 0.626. The van der Waals surface area contributed by atoms with Crippen molar-refractivity contribution in [1.82, 2.24) is 4.98 Å². The van der Waals surface area contributed by atoms with E-state index in [4.69, 9.17) is 4.74 Å². The van der Waals surface area contributed by atoms with Gasteiger partial charge < -0.3 is 4.74 Å². The second kappa shape index (κ2) is 7.15. The normalized spacial score (nSPS) is 11.3. The van der Waals surface area contributed by atoms with E-state index in [-0.39, 0.29) is 10.6 Å². The lowest BCUT2D eigenvalue weighted by Crippen LogP contribution is -2.14. The van der Waals surface area contributed by atoms with E-state index in [9.17, 15) is 8.42 Å². The molecule has 0 bridgehead atoms. The first-order valence-electron chi connectivity index (χ1n) is 7.28. The topological polar surface area (TPSA) is 68.3 Å². The fourth-order valence-electron chi connectivity index (χ4n) is 2.31. The van der Waals surface area contributed by atoms with Crippen LogP contribution in [0.1, 0.15) is 5.01 Å². The number of nitrogens with zero attached hydrogens (tertiary/aromatic N) is 1. The van der Waals surface area contributed by atoms with Crippen LogP contribution in [0.4, 0.5) is 5.69 Å². The van der Waals surface area contributed by atoms with Crippen molar-refractivity contribution in [2.75, 3.05) is 11.8 Å². The largest absolute Gasteiger partial charge is 0.495 e. The van der Waals surface area contributed by atoms with Gasteiger partial charge >= 0.3 is 0 Å². The molecule has 0 aliphatic rings. The van der Waals surface area contributed by atoms with E-state index in [0.29, 0.717) is 10.2 Å². The molecule has 0 fully saturated rings. The van der Waals surface area contributed by atoms with Gasteiger partial charge in [0.2, 0.25) is 0 Å². The van der Waals surface area contributed by atoms with Crippen molar-refractivity contribution in [3.05, 3.63) is 57.3 Å². The van der Waals surface area contributed by atoms with Gasteiger partial charge in [0.1, 0.15) is 10.6 Å². The Labute approximate surface area is 158 Å². The van der Waals surface area contributed by atoms with Gasteiger partial charge in [0.15, 0.2) is 0 Å². The summed E-state index contributed by atoms with van der Waals surface area (Å²) in [7, 11) is -2.36. The van der Waals surface area contributed by atoms with Crippen LogP contribution in [-0.2, 0) is 10.0 Å². The Bertz CT molecular complexity index is 1020. The van der Waals surface area contributed by atoms with Crippen LogP contribution in [0.2, 0.25) is 0 Å². The van der Waals surface area contributed by atoms with Crippen molar-refractivity contribution >= 4 is 43.0 Å². The smallest absolute Gasteiger partial charge is 0.265 e. The molecular weight excluding hydrogens is 424 g/mol. The van der Waals surface area contributed by atoms with Gasteiger partial charge in [0.25, 0.3) is 10.0 Å². The number of thiazole rings is 1. The van der Waals surface area contributed by atoms with Gasteiger partial charge in [-0.1, -0.05) is 28.1 Å². The number of nitrogens with one attached hydrogen (secondary N) is 1. The zero-order valence-corrected chi connectivity index (χ0v) is 16.7. The Morgan fingerprint density at radius 1 is 1.20 bits per heavy atom. The molecule has 0 saturated heterocycles. The fourth-order valence-corrected chi connectivity index (χ4v) is 4.69. The lowest BCUT2D eigenvalue weighted by molar-refractivity contribution is 0.403. The predicted octanol–water partition coefficient (Wildman–Crippen LogP) is 4.69. The summed E-state index contributed by atoms with van der Waals surface area (Å²) in [5.41, 5.74) is 2.14. The summed E-state index contributed by atoms with van der Waals surface area (Å²) in [5.74, 6) is 0.280. The molecule has 0 saturated carbocycles. The minimum Gasteiger partial charge on any atom is -0.495 e. The van der Waals surface area contributed by atoms with Crippen molar-refractivity contribution in [3.63, 3.8) is 0 Å². The third-order valence-electron chi connectivity index (χ3n) is 3.44. The third-order valence-corrected chi connectivity index (χ3v) is 6.11. The van der Waals surface area contributed by atoms with E-state index < -0.39 is 10.0 Å². The molecule has 1 aromatic heterocycles. The van der Waals surface area contributed by atoms with E-state index in [1.807, 2.05) is 18.4 Å². The lowest BCUT2D eigenvalue weighted by atomic mass is 10.1. The Balaban J connectivity index is 1.95. The van der Waals surface area contributed by atoms with E-state index in [2.05, 4.69) is 25.6 Å². The molecule has 0 atom stereocenters. The highest BCUT2D eigenvalue weighted by Gasteiger charge is 2.20. The Morgan fingerprint density at radius 3 is 2.68 bits per heavy atom. The van der Waals surface area contributed by atoms with Crippen LogP contribution in [0, 0.1) is 6.92 Å². The summed E-state index contributed by atoms with van der Waals surface area (Å²) in [6, 6.07) is 12.0. The summed E-state index contributed by atoms with van der Waals surface area (Å²) in [5, 5.41) is 2.90. The van der Waals surface area contributed by atoms with Gasteiger partial charge in [-0.2, -0.15) is 0 Å². The monoisotopic (exact) mass is 438 g/mol. The van der Waals surface area contributed by atoms with Gasteiger partial charge in [-0.3, -0.25) is 4.72 Å². The second-order valence-corrected chi connectivity index (χ2v) is 8.86. The molecular formula is C17H15BrN2O3S2. The van der Waals surface area contributed by atoms with Gasteiger partial charge in [-0.05, 0) is 37.3 Å². The zero-order chi connectivity index (χ0) is 18.0. The molecule has 5 nitrogen and oxygen atoms in total. The number of anilines is 1. The maximum atomic E-state index is 12.8. The first-order valence-corrected chi connectivity index (χ1v) is 10.4. The number of aryl methyl sites for hydroxylation is 1. The fraction of sp³-hybridized carbons (Fsp3) is 0.118. The summed E-state index contributed by atoms with van der Waals surface area (Å²) >= 11 is 4.84. The molecule has 130 valence electrons. The summed E-state index contributed by atoms with van der Waals surface area (Å²) in [6.45, 7) is 1.93. The number of benzene rings is 2. The number of methoxy groups -OCH3 is 1. The first-order chi connectivity index (χ1) is 11.9. The van der Waals surface area contributed by atoms with E-state index in [0.717, 1.165) is 16.3 Å². The van der Waals surface area contributed by atoms with Crippen molar-refractivity contribution in [1.29, 1.82) is 0 Å². The highest BCUT2D eigenvalue weighted by Crippen LogP contribution is 2.30. The standard InChI is InChI=1S/C17H15BrN2O3S2/c1-11-19-15(10-24-11)12-4-3-5-14(8-12)20-25(21,22)17-9-13(18)6-7-16(17)23-2/h3-10,20H,1-2H3. The Hall–Kier alpha value is -1.90. The number of hydrogen-bond acceptors (Lipinski definition) is 5. The van der Waals surface area contributed by atoms with Crippen LogP contribution >= 0.6 is 27.3 Å². The maximum absolute atomic E-state index is 12.8. The molecule has 25 heavy (non-hydrogen) atoms. The average Bonchev–Trinajstić information content (AvgIpc) is 3.01. The molecule has 1 heterocycles. The molecule has 3 aromatic rings. The SMILES string of the molecule is COc1ccc(Br)cc1S(=O)(=O)Nc1cccc(-c2csc(C)n2)c1. The molecule has 0 aliphatic carbocycles. The molecule has 0 radical (unpaired) electrons. The first kappa shape index (κ1) is 17.9. The van der Waals surface area contributed by atoms with Gasteiger partial charge in [-0.25, -0.2) is 13.4 Å². The lowest BCUT2D eigenvalue weighted by Gasteiger charge is -2.12. The average molecular weight is 439 g/mol. The minimum atomic E-state index is -3.80. The van der Waals surface area contributed by atoms with Crippen molar-refractivity contribution < 1.29 is 13.2 Å². The molecule has 0 amide bonds. The third kappa shape index (κ3) is 4.02. The van der Waals surface area contributed by atoms with Crippen LogP contribution < -0.4 is 9.46 Å². The summed E-state index contributed by atoms with van der Waals surface area (Å²) in [4.78, 5) is 4.50. The van der Waals surface area contributed by atoms with Crippen molar-refractivity contribution in [2.45, 2.75) is 11.8 Å². The van der Waals surface area contributed by atoms with Crippen LogP contribution in [0.25, 0.3) is 11.3 Å². The number of aromatic nitrogens is 1. The maximum Gasteiger partial charge on any atom is 0.265 e. The molecule has 0 unspecified atom stereocenters. The molecule has 1 N–H and O–H groups in total. The van der Waals surface area contributed by atoms with Crippen molar-refractivity contribution in [2.24, 2.45) is 0 Å². The van der Waals surface area contributed by atoms with Gasteiger partial charge in [0, 0.05) is 21.1 Å². The second-order valence-electron chi connectivity index (χ2n) is 5.23.